The van der Waals surface area contributed by atoms with Crippen LogP contribution in [0.5, 0.6) is 34.8 Å². The van der Waals surface area contributed by atoms with Crippen LogP contribution in [0.25, 0.3) is 0 Å². The summed E-state index contributed by atoms with van der Waals surface area (Å²) in [5.74, 6) is -6.57. The van der Waals surface area contributed by atoms with E-state index in [1.807, 2.05) is 4.90 Å². The van der Waals surface area contributed by atoms with Crippen molar-refractivity contribution in [3.05, 3.63) is 77.1 Å². The number of aromatic hydroxyl groups is 2. The van der Waals surface area contributed by atoms with Crippen molar-refractivity contribution in [3.8, 4) is 34.8 Å². The van der Waals surface area contributed by atoms with E-state index in [4.69, 9.17) is 25.7 Å². The maximum atomic E-state index is 15.5. The maximum Gasteiger partial charge on any atom is 0.342 e. The standard InChI is InChI=1S/C27H21F2N7O6S/c1-36-7-6-32-23(36)14-9-13(43-27-34-10-15(26(39)40)24(38)35-27)3-5-18(14)41-21-16(28)11-33-25(20(21)29)42-19-8-12(22(30)31)2-4-17(19)37/h2-5,8-11,37H,6-7H2,1H3,(H3,30,31)(H,39,40)(H,34,35,38). The molecule has 0 amide bonds. The Hall–Kier alpha value is -5.51. The average Bonchev–Trinajstić information content (AvgIpc) is 3.39. The molecule has 0 aliphatic carbocycles. The first kappa shape index (κ1) is 29.0. The predicted molar refractivity (Wildman–Crippen MR) is 149 cm³/mol. The van der Waals surface area contributed by atoms with Gasteiger partial charge in [0.1, 0.15) is 23.0 Å². The summed E-state index contributed by atoms with van der Waals surface area (Å²) in [5, 5.41) is 36.8. The molecule has 4 aromatic rings. The minimum atomic E-state index is -1.38. The number of benzene rings is 2. The van der Waals surface area contributed by atoms with E-state index in [1.54, 1.807) is 19.2 Å². The SMILES string of the molecule is CN1CCN=C1c1cc(Sc2ncc(C(=O)O)c(O)n2)ccc1Oc1c(F)cnc(Oc2cc(C(=N)N)ccc2O)c1F. The van der Waals surface area contributed by atoms with E-state index in [9.17, 15) is 19.4 Å². The number of hydrogen-bond donors (Lipinski definition) is 5. The van der Waals surface area contributed by atoms with Crippen LogP contribution in [0, 0.1) is 17.0 Å². The Morgan fingerprint density at radius 1 is 1.09 bits per heavy atom. The molecule has 1 aliphatic heterocycles. The Morgan fingerprint density at radius 2 is 1.88 bits per heavy atom. The number of rotatable bonds is 9. The van der Waals surface area contributed by atoms with Crippen LogP contribution in [0.1, 0.15) is 21.5 Å². The van der Waals surface area contributed by atoms with E-state index >= 15 is 4.39 Å². The van der Waals surface area contributed by atoms with Crippen LogP contribution in [-0.2, 0) is 0 Å². The Labute approximate surface area is 245 Å². The Kier molecular flexibility index (Phi) is 7.94. The lowest BCUT2D eigenvalue weighted by Crippen LogP contribution is -2.24. The number of aliphatic imine (C=N–C) groups is 1. The maximum absolute atomic E-state index is 15.5. The first-order chi connectivity index (χ1) is 20.5. The number of hydrogen-bond acceptors (Lipinski definition) is 12. The first-order valence-electron chi connectivity index (χ1n) is 12.3. The van der Waals surface area contributed by atoms with Crippen LogP contribution in [0.15, 0.2) is 63.8 Å². The summed E-state index contributed by atoms with van der Waals surface area (Å²) in [6.07, 6.45) is 1.66. The molecular weight excluding hydrogens is 588 g/mol. The van der Waals surface area contributed by atoms with E-state index in [0.29, 0.717) is 35.6 Å². The van der Waals surface area contributed by atoms with Crippen LogP contribution in [-0.4, -0.2) is 72.9 Å². The minimum absolute atomic E-state index is 0.0261. The molecule has 0 fully saturated rings. The van der Waals surface area contributed by atoms with E-state index in [1.165, 1.54) is 24.3 Å². The Morgan fingerprint density at radius 3 is 2.56 bits per heavy atom. The van der Waals surface area contributed by atoms with Gasteiger partial charge in [0, 0.05) is 30.2 Å². The van der Waals surface area contributed by atoms with Gasteiger partial charge in [-0.05, 0) is 48.2 Å². The van der Waals surface area contributed by atoms with Crippen LogP contribution in [0.2, 0.25) is 0 Å². The van der Waals surface area contributed by atoms with Crippen LogP contribution >= 0.6 is 11.8 Å². The molecule has 6 N–H and O–H groups in total. The summed E-state index contributed by atoms with van der Waals surface area (Å²) >= 11 is 0.996. The van der Waals surface area contributed by atoms with Crippen molar-refractivity contribution >= 4 is 29.4 Å². The fraction of sp³-hybridized carbons (Fsp3) is 0.111. The summed E-state index contributed by atoms with van der Waals surface area (Å²) in [6.45, 7) is 1.05. The molecule has 16 heteroatoms. The molecule has 0 saturated carbocycles. The van der Waals surface area contributed by atoms with Gasteiger partial charge in [-0.15, -0.1) is 0 Å². The van der Waals surface area contributed by atoms with Crippen molar-refractivity contribution in [1.82, 2.24) is 19.9 Å². The molecule has 43 heavy (non-hydrogen) atoms. The third kappa shape index (κ3) is 6.08. The molecule has 0 radical (unpaired) electrons. The van der Waals surface area contributed by atoms with Gasteiger partial charge in [-0.1, -0.05) is 0 Å². The minimum Gasteiger partial charge on any atom is -0.504 e. The number of amidine groups is 2. The quantitative estimate of drug-likeness (QED) is 0.104. The molecule has 1 aliphatic rings. The summed E-state index contributed by atoms with van der Waals surface area (Å²) in [5.41, 5.74) is 5.57. The molecule has 0 spiro atoms. The molecule has 0 atom stereocenters. The van der Waals surface area contributed by atoms with Gasteiger partial charge in [-0.2, -0.15) is 9.37 Å². The van der Waals surface area contributed by atoms with E-state index in [0.717, 1.165) is 18.0 Å². The van der Waals surface area contributed by atoms with Crippen molar-refractivity contribution in [1.29, 1.82) is 5.41 Å². The number of aromatic carboxylic acids is 1. The number of carboxylic acid groups (broad SMARTS) is 1. The largest absolute Gasteiger partial charge is 0.504 e. The fourth-order valence-corrected chi connectivity index (χ4v) is 4.66. The number of nitrogens with two attached hydrogens (primary N) is 1. The number of carboxylic acids is 1. The van der Waals surface area contributed by atoms with Gasteiger partial charge in [0.2, 0.25) is 17.4 Å². The zero-order valence-corrected chi connectivity index (χ0v) is 22.9. The van der Waals surface area contributed by atoms with Crippen molar-refractivity contribution in [2.24, 2.45) is 10.7 Å². The summed E-state index contributed by atoms with van der Waals surface area (Å²) in [6, 6.07) is 8.36. The third-order valence-corrected chi connectivity index (χ3v) is 6.89. The number of phenols is 1. The normalized spacial score (nSPS) is 12.6. The molecular formula is C27H21F2N7O6S. The second-order valence-electron chi connectivity index (χ2n) is 8.94. The topological polar surface area (TPSA) is 200 Å². The number of nitrogens with zero attached hydrogens (tertiary/aromatic N) is 5. The third-order valence-electron chi connectivity index (χ3n) is 6.03. The van der Waals surface area contributed by atoms with Crippen molar-refractivity contribution in [2.45, 2.75) is 10.1 Å². The number of ether oxygens (including phenoxy) is 2. The highest BCUT2D eigenvalue weighted by molar-refractivity contribution is 7.99. The number of nitrogen functional groups attached to an aromatic ring is 1. The molecule has 3 heterocycles. The second kappa shape index (κ2) is 11.8. The van der Waals surface area contributed by atoms with E-state index < -0.39 is 46.4 Å². The van der Waals surface area contributed by atoms with Crippen LogP contribution < -0.4 is 15.2 Å². The second-order valence-corrected chi connectivity index (χ2v) is 9.98. The van der Waals surface area contributed by atoms with Gasteiger partial charge in [-0.25, -0.2) is 19.2 Å². The summed E-state index contributed by atoms with van der Waals surface area (Å²) in [4.78, 5) is 29.4. The summed E-state index contributed by atoms with van der Waals surface area (Å²) in [7, 11) is 1.78. The molecule has 2 aromatic heterocycles. The highest BCUT2D eigenvalue weighted by Crippen LogP contribution is 2.39. The molecule has 220 valence electrons. The number of nitrogens with one attached hydrogen (secondary N) is 1. The Balaban J connectivity index is 1.49. The highest BCUT2D eigenvalue weighted by atomic mass is 32.2. The number of carbonyl (C=O) groups is 1. The summed E-state index contributed by atoms with van der Waals surface area (Å²) < 4.78 is 41.5. The van der Waals surface area contributed by atoms with Gasteiger partial charge in [0.15, 0.2) is 22.5 Å². The fourth-order valence-electron chi connectivity index (χ4n) is 3.90. The average molecular weight is 610 g/mol. The molecule has 0 bridgehead atoms. The zero-order chi connectivity index (χ0) is 30.8. The molecule has 13 nitrogen and oxygen atoms in total. The number of phenolic OH excluding ortho intramolecular Hbond substituents is 1. The van der Waals surface area contributed by atoms with Gasteiger partial charge >= 0.3 is 5.97 Å². The predicted octanol–water partition coefficient (Wildman–Crippen LogP) is 3.97. The number of pyridine rings is 1. The lowest BCUT2D eigenvalue weighted by Gasteiger charge is -2.19. The van der Waals surface area contributed by atoms with Gasteiger partial charge in [0.25, 0.3) is 5.88 Å². The lowest BCUT2D eigenvalue weighted by atomic mass is 10.1. The highest BCUT2D eigenvalue weighted by Gasteiger charge is 2.25. The monoisotopic (exact) mass is 609 g/mol. The number of halogens is 2. The lowest BCUT2D eigenvalue weighted by molar-refractivity contribution is 0.0692. The van der Waals surface area contributed by atoms with E-state index in [2.05, 4.69) is 19.9 Å². The van der Waals surface area contributed by atoms with Crippen LogP contribution in [0.3, 0.4) is 0 Å². The van der Waals surface area contributed by atoms with Crippen molar-refractivity contribution < 1.29 is 38.4 Å². The van der Waals surface area contributed by atoms with Gasteiger partial charge in [0.05, 0.1) is 18.3 Å². The van der Waals surface area contributed by atoms with Gasteiger partial charge in [-0.3, -0.25) is 10.4 Å². The molecule has 2 aromatic carbocycles. The molecule has 5 rings (SSSR count). The van der Waals surface area contributed by atoms with Gasteiger partial charge < -0.3 is 35.4 Å². The van der Waals surface area contributed by atoms with Crippen LogP contribution in [0.4, 0.5) is 8.78 Å². The Bertz CT molecular complexity index is 1810. The number of likely N-dealkylation sites (N-methyl/N-ethyl adjacent to an activating group) is 1. The van der Waals surface area contributed by atoms with Crippen molar-refractivity contribution in [2.75, 3.05) is 20.1 Å². The zero-order valence-electron chi connectivity index (χ0n) is 22.1. The molecule has 0 unspecified atom stereocenters. The van der Waals surface area contributed by atoms with Crippen molar-refractivity contribution in [3.63, 3.8) is 0 Å². The van der Waals surface area contributed by atoms with E-state index in [-0.39, 0.29) is 28.1 Å². The smallest absolute Gasteiger partial charge is 0.342 e. The molecule has 0 saturated heterocycles. The first-order valence-corrected chi connectivity index (χ1v) is 13.1. The number of aromatic nitrogens is 3.